The molecule has 0 spiro atoms. The van der Waals surface area contributed by atoms with Crippen LogP contribution in [0.25, 0.3) is 11.1 Å². The zero-order valence-electron chi connectivity index (χ0n) is 14.0. The zero-order valence-corrected chi connectivity index (χ0v) is 16.3. The smallest absolute Gasteiger partial charge is 0.341 e. The van der Waals surface area contributed by atoms with Crippen LogP contribution in [0.2, 0.25) is 0 Å². The molecule has 7 heteroatoms. The third-order valence-electron chi connectivity index (χ3n) is 4.52. The molecule has 0 aliphatic heterocycles. The fourth-order valence-electron chi connectivity index (χ4n) is 2.77. The first-order valence-corrected chi connectivity index (χ1v) is 9.25. The number of ether oxygens (including phenoxy) is 1. The summed E-state index contributed by atoms with van der Waals surface area (Å²) >= 11 is 13.5. The third-order valence-corrected chi connectivity index (χ3v) is 6.64. The molecule has 1 fully saturated rings. The van der Waals surface area contributed by atoms with Crippen LogP contribution >= 0.6 is 34.5 Å². The molecule has 1 saturated carbocycles. The Balaban J connectivity index is 2.03. The van der Waals surface area contributed by atoms with Crippen molar-refractivity contribution in [3.63, 3.8) is 0 Å². The van der Waals surface area contributed by atoms with Crippen LogP contribution in [0.4, 0.5) is 5.00 Å². The molecule has 4 nitrogen and oxygen atoms in total. The lowest BCUT2D eigenvalue weighted by Gasteiger charge is -2.13. The summed E-state index contributed by atoms with van der Waals surface area (Å²) < 4.78 is 3.87. The lowest BCUT2D eigenvalue weighted by atomic mass is 10.0. The van der Waals surface area contributed by atoms with Crippen molar-refractivity contribution in [1.82, 2.24) is 0 Å². The van der Waals surface area contributed by atoms with Crippen molar-refractivity contribution in [3.8, 4) is 11.1 Å². The number of aryl methyl sites for hydroxylation is 1. The van der Waals surface area contributed by atoms with Gasteiger partial charge < -0.3 is 10.1 Å². The second-order valence-electron chi connectivity index (χ2n) is 6.26. The molecule has 2 aromatic rings. The number of alkyl halides is 2. The molecule has 3 rings (SSSR count). The lowest BCUT2D eigenvalue weighted by Crippen LogP contribution is -2.26. The van der Waals surface area contributed by atoms with Crippen molar-refractivity contribution >= 4 is 51.4 Å². The molecule has 1 aromatic heterocycles. The number of halogens is 2. The van der Waals surface area contributed by atoms with E-state index in [1.165, 1.54) is 18.4 Å². The van der Waals surface area contributed by atoms with Gasteiger partial charge in [-0.05, 0) is 25.8 Å². The van der Waals surface area contributed by atoms with Gasteiger partial charge in [0.2, 0.25) is 5.91 Å². The summed E-state index contributed by atoms with van der Waals surface area (Å²) in [4.78, 5) is 25.9. The van der Waals surface area contributed by atoms with Crippen LogP contribution in [0.15, 0.2) is 30.3 Å². The first kappa shape index (κ1) is 18.2. The maximum Gasteiger partial charge on any atom is 0.341 e. The number of esters is 1. The molecule has 0 radical (unpaired) electrons. The minimum Gasteiger partial charge on any atom is -0.465 e. The van der Waals surface area contributed by atoms with Gasteiger partial charge in [-0.3, -0.25) is 4.79 Å². The van der Waals surface area contributed by atoms with Gasteiger partial charge in [0.15, 0.2) is 0 Å². The van der Waals surface area contributed by atoms with Crippen molar-refractivity contribution in [2.24, 2.45) is 5.41 Å². The molecule has 1 aliphatic carbocycles. The fourth-order valence-corrected chi connectivity index (χ4v) is 4.53. The van der Waals surface area contributed by atoms with Crippen molar-refractivity contribution in [3.05, 3.63) is 40.8 Å². The molecular weight excluding hydrogens is 381 g/mol. The Bertz CT molecular complexity index is 848. The van der Waals surface area contributed by atoms with Crippen molar-refractivity contribution in [2.45, 2.75) is 24.6 Å². The molecule has 1 atom stereocenters. The highest BCUT2D eigenvalue weighted by atomic mass is 35.5. The Labute approximate surface area is 160 Å². The molecule has 0 bridgehead atoms. The minimum atomic E-state index is -1.07. The molecule has 1 N–H and O–H groups in total. The van der Waals surface area contributed by atoms with Gasteiger partial charge >= 0.3 is 5.97 Å². The number of hydrogen-bond acceptors (Lipinski definition) is 4. The summed E-state index contributed by atoms with van der Waals surface area (Å²) in [5, 5.41) is 3.27. The number of benzene rings is 1. The summed E-state index contributed by atoms with van der Waals surface area (Å²) in [7, 11) is 1.32. The molecule has 0 unspecified atom stereocenters. The Hall–Kier alpha value is -1.56. The Morgan fingerprint density at radius 1 is 1.24 bits per heavy atom. The molecule has 25 heavy (non-hydrogen) atoms. The van der Waals surface area contributed by atoms with E-state index in [1.807, 2.05) is 37.3 Å². The van der Waals surface area contributed by atoms with Crippen LogP contribution in [-0.2, 0) is 9.53 Å². The summed E-state index contributed by atoms with van der Waals surface area (Å²) in [5.74, 6) is -0.800. The van der Waals surface area contributed by atoms with E-state index in [-0.39, 0.29) is 5.91 Å². The average molecular weight is 398 g/mol. The molecule has 1 amide bonds. The lowest BCUT2D eigenvalue weighted by molar-refractivity contribution is -0.120. The Morgan fingerprint density at radius 3 is 2.36 bits per heavy atom. The quantitative estimate of drug-likeness (QED) is 0.580. The van der Waals surface area contributed by atoms with Gasteiger partial charge in [-0.15, -0.1) is 34.5 Å². The van der Waals surface area contributed by atoms with Gasteiger partial charge in [0.25, 0.3) is 0 Å². The second kappa shape index (κ2) is 6.31. The molecule has 1 heterocycles. The van der Waals surface area contributed by atoms with Crippen molar-refractivity contribution < 1.29 is 14.3 Å². The van der Waals surface area contributed by atoms with Crippen LogP contribution in [0.1, 0.15) is 28.6 Å². The van der Waals surface area contributed by atoms with Gasteiger partial charge in [0, 0.05) is 10.4 Å². The van der Waals surface area contributed by atoms with Gasteiger partial charge in [-0.2, -0.15) is 0 Å². The number of hydrogen-bond donors (Lipinski definition) is 1. The van der Waals surface area contributed by atoms with E-state index in [0.29, 0.717) is 17.0 Å². The largest absolute Gasteiger partial charge is 0.465 e. The number of carbonyl (C=O) groups excluding carboxylic acids is 2. The highest BCUT2D eigenvalue weighted by molar-refractivity contribution is 7.17. The maximum atomic E-state index is 12.6. The monoisotopic (exact) mass is 397 g/mol. The Morgan fingerprint density at radius 2 is 1.84 bits per heavy atom. The van der Waals surface area contributed by atoms with Gasteiger partial charge in [-0.25, -0.2) is 4.79 Å². The number of thiophene rings is 1. The van der Waals surface area contributed by atoms with E-state index >= 15 is 0 Å². The highest BCUT2D eigenvalue weighted by Gasteiger charge is 2.68. The summed E-state index contributed by atoms with van der Waals surface area (Å²) in [6.07, 6.45) is 0.373. The summed E-state index contributed by atoms with van der Waals surface area (Å²) in [6, 6.07) is 9.52. The van der Waals surface area contributed by atoms with E-state index in [1.54, 1.807) is 6.92 Å². The SMILES string of the molecule is COC(=O)c1c(NC(=O)[C@]2(C)CC2(Cl)Cl)sc(C)c1-c1ccccc1. The van der Waals surface area contributed by atoms with E-state index in [4.69, 9.17) is 27.9 Å². The molecule has 1 aromatic carbocycles. The second-order valence-corrected chi connectivity index (χ2v) is 8.97. The van der Waals surface area contributed by atoms with Crippen LogP contribution < -0.4 is 5.32 Å². The molecule has 1 aliphatic rings. The van der Waals surface area contributed by atoms with E-state index in [0.717, 1.165) is 16.0 Å². The number of rotatable bonds is 4. The number of nitrogens with one attached hydrogen (secondary N) is 1. The van der Waals surface area contributed by atoms with Crippen molar-refractivity contribution in [2.75, 3.05) is 12.4 Å². The third kappa shape index (κ3) is 3.05. The van der Waals surface area contributed by atoms with Gasteiger partial charge in [-0.1, -0.05) is 30.3 Å². The summed E-state index contributed by atoms with van der Waals surface area (Å²) in [6.45, 7) is 3.61. The van der Waals surface area contributed by atoms with E-state index in [9.17, 15) is 9.59 Å². The van der Waals surface area contributed by atoms with Gasteiger partial charge in [0.05, 0.1) is 12.5 Å². The number of methoxy groups -OCH3 is 1. The number of amides is 1. The predicted octanol–water partition coefficient (Wildman–Crippen LogP) is 5.03. The van der Waals surface area contributed by atoms with Crippen LogP contribution in [0, 0.1) is 12.3 Å². The Kier molecular flexibility index (Phi) is 4.60. The maximum absolute atomic E-state index is 12.6. The highest BCUT2D eigenvalue weighted by Crippen LogP contribution is 2.64. The van der Waals surface area contributed by atoms with Gasteiger partial charge in [0.1, 0.15) is 14.9 Å². The molecule has 132 valence electrons. The normalized spacial score (nSPS) is 20.8. The molecule has 0 saturated heterocycles. The van der Waals surface area contributed by atoms with Crippen LogP contribution in [-0.4, -0.2) is 23.3 Å². The van der Waals surface area contributed by atoms with Crippen LogP contribution in [0.3, 0.4) is 0 Å². The van der Waals surface area contributed by atoms with Crippen LogP contribution in [0.5, 0.6) is 0 Å². The molecular formula is C18H17Cl2NO3S. The number of anilines is 1. The van der Waals surface area contributed by atoms with E-state index in [2.05, 4.69) is 5.32 Å². The first-order chi connectivity index (χ1) is 11.7. The standard InChI is InChI=1S/C18H17Cl2NO3S/c1-10-12(11-7-5-4-6-8-11)13(15(22)24-3)14(25-10)21-16(23)17(2)9-18(17,19)20/h4-8H,9H2,1-3H3,(H,21,23)/t17-/m0/s1. The predicted molar refractivity (Wildman–Crippen MR) is 102 cm³/mol. The number of carbonyl (C=O) groups is 2. The zero-order chi connectivity index (χ0) is 18.4. The summed E-state index contributed by atoms with van der Waals surface area (Å²) in [5.41, 5.74) is 1.13. The minimum absolute atomic E-state index is 0.302. The first-order valence-electron chi connectivity index (χ1n) is 7.67. The topological polar surface area (TPSA) is 55.4 Å². The van der Waals surface area contributed by atoms with Crippen molar-refractivity contribution in [1.29, 1.82) is 0 Å². The fraction of sp³-hybridized carbons (Fsp3) is 0.333. The average Bonchev–Trinajstić information content (AvgIpc) is 2.94. The van der Waals surface area contributed by atoms with E-state index < -0.39 is 15.7 Å².